The SMILES string of the molecule is C1CNCCN1.CC(C)c1ccc[nH]1. The Morgan fingerprint density at radius 3 is 1.86 bits per heavy atom. The van der Waals surface area contributed by atoms with Crippen LogP contribution in [0.2, 0.25) is 0 Å². The molecule has 1 fully saturated rings. The molecular formula is C11H21N3. The standard InChI is InChI=1S/C7H11N.C4H10N2/c1-6(2)7-4-3-5-8-7;1-2-6-4-3-5-1/h3-6,8H,1-2H3;5-6H,1-4H2. The first-order valence-corrected chi connectivity index (χ1v) is 5.35. The predicted octanol–water partition coefficient (Wildman–Crippen LogP) is 1.32. The second-order valence-electron chi connectivity index (χ2n) is 3.78. The lowest BCUT2D eigenvalue weighted by Crippen LogP contribution is -2.39. The molecule has 0 atom stereocenters. The molecule has 2 heterocycles. The Morgan fingerprint density at radius 2 is 1.64 bits per heavy atom. The van der Waals surface area contributed by atoms with Crippen molar-refractivity contribution in [3.05, 3.63) is 24.0 Å². The molecule has 0 aliphatic carbocycles. The monoisotopic (exact) mass is 195 g/mol. The molecule has 1 aliphatic rings. The zero-order valence-electron chi connectivity index (χ0n) is 9.14. The average Bonchev–Trinajstić information content (AvgIpc) is 2.74. The Morgan fingerprint density at radius 1 is 1.07 bits per heavy atom. The Bertz CT molecular complexity index is 201. The van der Waals surface area contributed by atoms with Crippen LogP contribution < -0.4 is 10.6 Å². The van der Waals surface area contributed by atoms with Crippen LogP contribution in [-0.2, 0) is 0 Å². The molecule has 0 bridgehead atoms. The molecule has 0 amide bonds. The minimum absolute atomic E-state index is 0.630. The number of hydrogen-bond acceptors (Lipinski definition) is 2. The fourth-order valence-electron chi connectivity index (χ4n) is 1.31. The third-order valence-corrected chi connectivity index (χ3v) is 2.20. The molecule has 0 radical (unpaired) electrons. The summed E-state index contributed by atoms with van der Waals surface area (Å²) >= 11 is 0. The lowest BCUT2D eigenvalue weighted by atomic mass is 10.1. The number of nitrogens with one attached hydrogen (secondary N) is 3. The van der Waals surface area contributed by atoms with Crippen LogP contribution in [-0.4, -0.2) is 31.2 Å². The number of rotatable bonds is 1. The Labute approximate surface area is 86.3 Å². The quantitative estimate of drug-likeness (QED) is 0.632. The Hall–Kier alpha value is -0.800. The molecular weight excluding hydrogens is 174 g/mol. The molecule has 80 valence electrons. The fraction of sp³-hybridized carbons (Fsp3) is 0.636. The zero-order chi connectivity index (χ0) is 10.2. The normalized spacial score (nSPS) is 16.2. The minimum atomic E-state index is 0.630. The summed E-state index contributed by atoms with van der Waals surface area (Å²) in [6.45, 7) is 8.90. The molecule has 0 unspecified atom stereocenters. The van der Waals surface area contributed by atoms with E-state index < -0.39 is 0 Å². The first kappa shape index (κ1) is 11.3. The maximum absolute atomic E-state index is 3.22. The molecule has 0 aromatic carbocycles. The maximum Gasteiger partial charge on any atom is 0.0173 e. The van der Waals surface area contributed by atoms with Gasteiger partial charge in [-0.05, 0) is 18.1 Å². The van der Waals surface area contributed by atoms with E-state index >= 15 is 0 Å². The largest absolute Gasteiger partial charge is 0.365 e. The van der Waals surface area contributed by atoms with E-state index in [2.05, 4.69) is 35.5 Å². The summed E-state index contributed by atoms with van der Waals surface area (Å²) in [7, 11) is 0. The minimum Gasteiger partial charge on any atom is -0.365 e. The van der Waals surface area contributed by atoms with Gasteiger partial charge < -0.3 is 15.6 Å². The van der Waals surface area contributed by atoms with Crippen molar-refractivity contribution in [2.75, 3.05) is 26.2 Å². The van der Waals surface area contributed by atoms with Crippen LogP contribution in [0.25, 0.3) is 0 Å². The molecule has 0 spiro atoms. The third kappa shape index (κ3) is 4.44. The number of aromatic amines is 1. The maximum atomic E-state index is 3.22. The summed E-state index contributed by atoms with van der Waals surface area (Å²) in [4.78, 5) is 3.14. The van der Waals surface area contributed by atoms with Crippen molar-refractivity contribution in [1.82, 2.24) is 15.6 Å². The van der Waals surface area contributed by atoms with Gasteiger partial charge in [0.2, 0.25) is 0 Å². The van der Waals surface area contributed by atoms with Crippen molar-refractivity contribution in [1.29, 1.82) is 0 Å². The van der Waals surface area contributed by atoms with Crippen LogP contribution in [0, 0.1) is 0 Å². The Balaban J connectivity index is 0.000000146. The summed E-state index contributed by atoms with van der Waals surface area (Å²) in [5.41, 5.74) is 1.31. The van der Waals surface area contributed by atoms with Crippen molar-refractivity contribution >= 4 is 0 Å². The highest BCUT2D eigenvalue weighted by Gasteiger charge is 1.94. The highest BCUT2D eigenvalue weighted by molar-refractivity contribution is 5.07. The summed E-state index contributed by atoms with van der Waals surface area (Å²) < 4.78 is 0. The van der Waals surface area contributed by atoms with Gasteiger partial charge in [0.1, 0.15) is 0 Å². The molecule has 3 nitrogen and oxygen atoms in total. The van der Waals surface area contributed by atoms with Crippen molar-refractivity contribution < 1.29 is 0 Å². The molecule has 14 heavy (non-hydrogen) atoms. The van der Waals surface area contributed by atoms with Gasteiger partial charge in [-0.1, -0.05) is 13.8 Å². The van der Waals surface area contributed by atoms with E-state index in [-0.39, 0.29) is 0 Å². The highest BCUT2D eigenvalue weighted by atomic mass is 15.0. The van der Waals surface area contributed by atoms with E-state index in [0.29, 0.717) is 5.92 Å². The number of piperazine rings is 1. The third-order valence-electron chi connectivity index (χ3n) is 2.20. The van der Waals surface area contributed by atoms with Crippen molar-refractivity contribution in [3.63, 3.8) is 0 Å². The van der Waals surface area contributed by atoms with Gasteiger partial charge in [-0.15, -0.1) is 0 Å². The van der Waals surface area contributed by atoms with Crippen LogP contribution >= 0.6 is 0 Å². The van der Waals surface area contributed by atoms with Crippen LogP contribution in [0.15, 0.2) is 18.3 Å². The summed E-state index contributed by atoms with van der Waals surface area (Å²) in [5, 5.41) is 6.44. The van der Waals surface area contributed by atoms with Crippen molar-refractivity contribution in [2.24, 2.45) is 0 Å². The topological polar surface area (TPSA) is 39.8 Å². The highest BCUT2D eigenvalue weighted by Crippen LogP contribution is 2.09. The van der Waals surface area contributed by atoms with Gasteiger partial charge >= 0.3 is 0 Å². The summed E-state index contributed by atoms with van der Waals surface area (Å²) in [6, 6.07) is 4.12. The summed E-state index contributed by atoms with van der Waals surface area (Å²) in [5.74, 6) is 0.630. The lowest BCUT2D eigenvalue weighted by molar-refractivity contribution is 0.534. The van der Waals surface area contributed by atoms with Gasteiger partial charge in [-0.3, -0.25) is 0 Å². The van der Waals surface area contributed by atoms with Crippen LogP contribution in [0.1, 0.15) is 25.5 Å². The Kier molecular flexibility index (Phi) is 5.33. The smallest absolute Gasteiger partial charge is 0.0173 e. The van der Waals surface area contributed by atoms with Gasteiger partial charge in [-0.25, -0.2) is 0 Å². The lowest BCUT2D eigenvalue weighted by Gasteiger charge is -2.11. The van der Waals surface area contributed by atoms with Crippen LogP contribution in [0.5, 0.6) is 0 Å². The molecule has 0 saturated carbocycles. The summed E-state index contributed by atoms with van der Waals surface area (Å²) in [6.07, 6.45) is 1.95. The number of hydrogen-bond donors (Lipinski definition) is 3. The van der Waals surface area contributed by atoms with E-state index in [1.807, 2.05) is 12.3 Å². The van der Waals surface area contributed by atoms with E-state index in [1.54, 1.807) is 0 Å². The molecule has 3 heteroatoms. The molecule has 3 N–H and O–H groups in total. The van der Waals surface area contributed by atoms with Gasteiger partial charge in [0.05, 0.1) is 0 Å². The van der Waals surface area contributed by atoms with Crippen molar-refractivity contribution in [3.8, 4) is 0 Å². The van der Waals surface area contributed by atoms with E-state index in [9.17, 15) is 0 Å². The van der Waals surface area contributed by atoms with E-state index in [1.165, 1.54) is 5.69 Å². The first-order valence-electron chi connectivity index (χ1n) is 5.35. The number of H-pyrrole nitrogens is 1. The van der Waals surface area contributed by atoms with Gasteiger partial charge in [0.25, 0.3) is 0 Å². The van der Waals surface area contributed by atoms with E-state index in [4.69, 9.17) is 0 Å². The molecule has 1 saturated heterocycles. The van der Waals surface area contributed by atoms with Gasteiger partial charge in [-0.2, -0.15) is 0 Å². The average molecular weight is 195 g/mol. The fourth-order valence-corrected chi connectivity index (χ4v) is 1.31. The van der Waals surface area contributed by atoms with Gasteiger partial charge in [0, 0.05) is 38.1 Å². The first-order chi connectivity index (χ1) is 6.80. The van der Waals surface area contributed by atoms with E-state index in [0.717, 1.165) is 26.2 Å². The molecule has 2 rings (SSSR count). The second kappa shape index (κ2) is 6.62. The predicted molar refractivity (Wildman–Crippen MR) is 60.6 cm³/mol. The molecule has 1 aromatic heterocycles. The van der Waals surface area contributed by atoms with Crippen LogP contribution in [0.3, 0.4) is 0 Å². The number of aromatic nitrogens is 1. The second-order valence-corrected chi connectivity index (χ2v) is 3.78. The van der Waals surface area contributed by atoms with Gasteiger partial charge in [0.15, 0.2) is 0 Å². The molecule has 1 aliphatic heterocycles. The van der Waals surface area contributed by atoms with Crippen LogP contribution in [0.4, 0.5) is 0 Å². The molecule has 1 aromatic rings. The zero-order valence-corrected chi connectivity index (χ0v) is 9.14. The van der Waals surface area contributed by atoms with Crippen molar-refractivity contribution in [2.45, 2.75) is 19.8 Å².